The van der Waals surface area contributed by atoms with Gasteiger partial charge in [-0.2, -0.15) is 13.2 Å². The van der Waals surface area contributed by atoms with Gasteiger partial charge < -0.3 is 15.5 Å². The molecule has 1 aromatic carbocycles. The number of piperidine rings is 1. The van der Waals surface area contributed by atoms with Gasteiger partial charge >= 0.3 is 6.18 Å². The Balaban J connectivity index is 1.77. The Labute approximate surface area is 167 Å². The van der Waals surface area contributed by atoms with Crippen LogP contribution in [0.15, 0.2) is 24.3 Å². The number of nitrogens with one attached hydrogen (secondary N) is 2. The molecule has 0 bridgehead atoms. The fourth-order valence-electron chi connectivity index (χ4n) is 3.05. The minimum atomic E-state index is -4.44. The average Bonchev–Trinajstić information content (AvgIpc) is 2.69. The van der Waals surface area contributed by atoms with Crippen LogP contribution in [-0.4, -0.2) is 48.8 Å². The Hall–Kier alpha value is -2.58. The molecule has 2 rings (SSSR count). The van der Waals surface area contributed by atoms with E-state index in [-0.39, 0.29) is 35.1 Å². The minimum Gasteiger partial charge on any atom is -0.354 e. The zero-order chi connectivity index (χ0) is 21.6. The Bertz CT molecular complexity index is 725. The van der Waals surface area contributed by atoms with E-state index in [2.05, 4.69) is 10.6 Å². The van der Waals surface area contributed by atoms with Crippen molar-refractivity contribution in [1.82, 2.24) is 15.5 Å². The topological polar surface area (TPSA) is 78.5 Å². The minimum absolute atomic E-state index is 0.0747. The summed E-state index contributed by atoms with van der Waals surface area (Å²) in [5.41, 5.74) is -0.601. The third-order valence-electron chi connectivity index (χ3n) is 4.86. The first kappa shape index (κ1) is 22.7. The monoisotopic (exact) mass is 413 g/mol. The Kier molecular flexibility index (Phi) is 7.64. The van der Waals surface area contributed by atoms with Crippen molar-refractivity contribution in [2.24, 2.45) is 11.8 Å². The van der Waals surface area contributed by atoms with Crippen molar-refractivity contribution in [2.45, 2.75) is 32.9 Å². The Morgan fingerprint density at radius 1 is 1.03 bits per heavy atom. The van der Waals surface area contributed by atoms with E-state index < -0.39 is 11.7 Å². The van der Waals surface area contributed by atoms with Crippen LogP contribution in [0.25, 0.3) is 0 Å². The summed E-state index contributed by atoms with van der Waals surface area (Å²) in [4.78, 5) is 37.7. The number of amides is 3. The third-order valence-corrected chi connectivity index (χ3v) is 4.86. The highest BCUT2D eigenvalue weighted by molar-refractivity contribution is 5.94. The zero-order valence-corrected chi connectivity index (χ0v) is 16.5. The molecular formula is C20H26F3N3O3. The van der Waals surface area contributed by atoms with Gasteiger partial charge in [0.25, 0.3) is 5.91 Å². The maximum atomic E-state index is 12.6. The SMILES string of the molecule is CC(C)C(=O)NCCNC(=O)C1CCN(C(=O)c2ccc(C(F)(F)F)cc2)CC1. The summed E-state index contributed by atoms with van der Waals surface area (Å²) in [5.74, 6) is -0.876. The molecule has 1 aliphatic heterocycles. The van der Waals surface area contributed by atoms with E-state index in [0.717, 1.165) is 12.1 Å². The third kappa shape index (κ3) is 6.47. The smallest absolute Gasteiger partial charge is 0.354 e. The molecule has 0 unspecified atom stereocenters. The molecule has 29 heavy (non-hydrogen) atoms. The molecule has 0 atom stereocenters. The molecule has 6 nitrogen and oxygen atoms in total. The Morgan fingerprint density at radius 3 is 2.10 bits per heavy atom. The van der Waals surface area contributed by atoms with Crippen molar-refractivity contribution in [3.8, 4) is 0 Å². The van der Waals surface area contributed by atoms with Crippen molar-refractivity contribution >= 4 is 17.7 Å². The van der Waals surface area contributed by atoms with Gasteiger partial charge in [0.2, 0.25) is 11.8 Å². The number of likely N-dealkylation sites (tertiary alicyclic amines) is 1. The molecule has 2 N–H and O–H groups in total. The van der Waals surface area contributed by atoms with Crippen LogP contribution in [0.3, 0.4) is 0 Å². The van der Waals surface area contributed by atoms with Crippen molar-refractivity contribution in [2.75, 3.05) is 26.2 Å². The largest absolute Gasteiger partial charge is 0.416 e. The first-order valence-electron chi connectivity index (χ1n) is 9.61. The van der Waals surface area contributed by atoms with Crippen LogP contribution in [0.1, 0.15) is 42.6 Å². The molecule has 0 aromatic heterocycles. The van der Waals surface area contributed by atoms with E-state index in [4.69, 9.17) is 0 Å². The van der Waals surface area contributed by atoms with Crippen molar-refractivity contribution in [1.29, 1.82) is 0 Å². The molecule has 0 saturated carbocycles. The molecule has 1 aromatic rings. The van der Waals surface area contributed by atoms with Crippen LogP contribution in [0.5, 0.6) is 0 Å². The van der Waals surface area contributed by atoms with E-state index in [0.29, 0.717) is 39.0 Å². The van der Waals surface area contributed by atoms with Crippen molar-refractivity contribution in [3.63, 3.8) is 0 Å². The number of alkyl halides is 3. The number of benzene rings is 1. The van der Waals surface area contributed by atoms with Crippen molar-refractivity contribution < 1.29 is 27.6 Å². The number of hydrogen-bond donors (Lipinski definition) is 2. The van der Waals surface area contributed by atoms with Gasteiger partial charge in [0, 0.05) is 43.6 Å². The molecule has 9 heteroatoms. The second-order valence-corrected chi connectivity index (χ2v) is 7.38. The van der Waals surface area contributed by atoms with Crippen molar-refractivity contribution in [3.05, 3.63) is 35.4 Å². The standard InChI is InChI=1S/C20H26F3N3O3/c1-13(2)17(27)24-9-10-25-18(28)14-7-11-26(12-8-14)19(29)15-3-5-16(6-4-15)20(21,22)23/h3-6,13-14H,7-12H2,1-2H3,(H,24,27)(H,25,28). The highest BCUT2D eigenvalue weighted by atomic mass is 19.4. The van der Waals surface area contributed by atoms with E-state index in [9.17, 15) is 27.6 Å². The van der Waals surface area contributed by atoms with Crippen LogP contribution >= 0.6 is 0 Å². The number of halogens is 3. The number of rotatable bonds is 6. The molecule has 1 saturated heterocycles. The van der Waals surface area contributed by atoms with Gasteiger partial charge in [0.15, 0.2) is 0 Å². The number of carbonyl (C=O) groups excluding carboxylic acids is 3. The van der Waals surface area contributed by atoms with E-state index in [1.165, 1.54) is 12.1 Å². The predicted molar refractivity (Wildman–Crippen MR) is 101 cm³/mol. The maximum Gasteiger partial charge on any atom is 0.416 e. The fraction of sp³-hybridized carbons (Fsp3) is 0.550. The van der Waals surface area contributed by atoms with Crippen LogP contribution in [0, 0.1) is 11.8 Å². The summed E-state index contributed by atoms with van der Waals surface area (Å²) in [6.07, 6.45) is -3.47. The highest BCUT2D eigenvalue weighted by Crippen LogP contribution is 2.29. The predicted octanol–water partition coefficient (Wildman–Crippen LogP) is 2.45. The molecule has 3 amide bonds. The fourth-order valence-corrected chi connectivity index (χ4v) is 3.05. The van der Waals surface area contributed by atoms with E-state index in [1.54, 1.807) is 18.7 Å². The summed E-state index contributed by atoms with van der Waals surface area (Å²) in [6.45, 7) is 4.99. The second-order valence-electron chi connectivity index (χ2n) is 7.38. The second kappa shape index (κ2) is 9.76. The molecule has 1 heterocycles. The number of nitrogens with zero attached hydrogens (tertiary/aromatic N) is 1. The average molecular weight is 413 g/mol. The van der Waals surface area contributed by atoms with Gasteiger partial charge in [0.1, 0.15) is 0 Å². The van der Waals surface area contributed by atoms with E-state index in [1.807, 2.05) is 0 Å². The number of carbonyl (C=O) groups is 3. The maximum absolute atomic E-state index is 12.6. The number of hydrogen-bond acceptors (Lipinski definition) is 3. The lowest BCUT2D eigenvalue weighted by atomic mass is 9.95. The molecule has 1 fully saturated rings. The molecule has 0 spiro atoms. The van der Waals surface area contributed by atoms with Gasteiger partial charge in [-0.05, 0) is 37.1 Å². The normalized spacial score (nSPS) is 15.3. The lowest BCUT2D eigenvalue weighted by Gasteiger charge is -2.31. The molecule has 0 radical (unpaired) electrons. The lowest BCUT2D eigenvalue weighted by Crippen LogP contribution is -2.44. The van der Waals surface area contributed by atoms with Crippen LogP contribution in [-0.2, 0) is 15.8 Å². The van der Waals surface area contributed by atoms with Gasteiger partial charge in [-0.25, -0.2) is 0 Å². The van der Waals surface area contributed by atoms with Crippen LogP contribution < -0.4 is 10.6 Å². The van der Waals surface area contributed by atoms with Gasteiger partial charge in [-0.3, -0.25) is 14.4 Å². The van der Waals surface area contributed by atoms with Gasteiger partial charge in [0.05, 0.1) is 5.56 Å². The molecule has 0 aliphatic carbocycles. The quantitative estimate of drug-likeness (QED) is 0.704. The van der Waals surface area contributed by atoms with Crippen LogP contribution in [0.4, 0.5) is 13.2 Å². The molecule has 1 aliphatic rings. The molecule has 160 valence electrons. The summed E-state index contributed by atoms with van der Waals surface area (Å²) >= 11 is 0. The lowest BCUT2D eigenvalue weighted by molar-refractivity contribution is -0.137. The van der Waals surface area contributed by atoms with Crippen LogP contribution in [0.2, 0.25) is 0 Å². The van der Waals surface area contributed by atoms with Gasteiger partial charge in [-0.1, -0.05) is 13.8 Å². The Morgan fingerprint density at radius 2 is 1.59 bits per heavy atom. The highest BCUT2D eigenvalue weighted by Gasteiger charge is 2.31. The molecular weight excluding hydrogens is 387 g/mol. The summed E-state index contributed by atoms with van der Waals surface area (Å²) in [5, 5.41) is 5.50. The summed E-state index contributed by atoms with van der Waals surface area (Å²) < 4.78 is 37.9. The summed E-state index contributed by atoms with van der Waals surface area (Å²) in [6, 6.07) is 4.14. The van der Waals surface area contributed by atoms with Gasteiger partial charge in [-0.15, -0.1) is 0 Å². The van der Waals surface area contributed by atoms with E-state index >= 15 is 0 Å². The first-order chi connectivity index (χ1) is 13.6. The zero-order valence-electron chi connectivity index (χ0n) is 16.5. The summed E-state index contributed by atoms with van der Waals surface area (Å²) in [7, 11) is 0. The first-order valence-corrected chi connectivity index (χ1v) is 9.61.